The fourth-order valence-electron chi connectivity index (χ4n) is 5.53. The molecule has 3 nitrogen and oxygen atoms in total. The van der Waals surface area contributed by atoms with Crippen molar-refractivity contribution in [2.75, 3.05) is 25.5 Å². The van der Waals surface area contributed by atoms with Crippen molar-refractivity contribution in [2.45, 2.75) is 91.6 Å². The van der Waals surface area contributed by atoms with Gasteiger partial charge in [0.25, 0.3) is 0 Å². The van der Waals surface area contributed by atoms with E-state index in [-0.39, 0.29) is 29.6 Å². The van der Waals surface area contributed by atoms with E-state index in [1.807, 2.05) is 6.92 Å². The maximum atomic E-state index is 12.8. The molecule has 180 valence electrons. The van der Waals surface area contributed by atoms with Crippen LogP contribution in [0.15, 0.2) is 24.3 Å². The molecule has 0 aromatic heterocycles. The molecule has 0 saturated carbocycles. The fraction of sp³-hybridized carbons (Fsp3) is 0.714. The summed E-state index contributed by atoms with van der Waals surface area (Å²) < 4.78 is 0. The van der Waals surface area contributed by atoms with E-state index in [0.29, 0.717) is 0 Å². The number of carbonyl (C=O) groups excluding carboxylic acids is 2. The average molecular weight is 461 g/mol. The Morgan fingerprint density at radius 1 is 0.844 bits per heavy atom. The zero-order chi connectivity index (χ0) is 23.7. The van der Waals surface area contributed by atoms with Gasteiger partial charge in [-0.05, 0) is 42.7 Å². The molecule has 1 fully saturated rings. The van der Waals surface area contributed by atoms with Crippen LogP contribution in [-0.4, -0.2) is 42.2 Å². The number of hydrogen-bond donors (Lipinski definition) is 0. The average Bonchev–Trinajstić information content (AvgIpc) is 2.99. The first kappa shape index (κ1) is 27.0. The Morgan fingerprint density at radius 2 is 1.34 bits per heavy atom. The van der Waals surface area contributed by atoms with Crippen LogP contribution in [0, 0.1) is 11.8 Å². The van der Waals surface area contributed by atoms with E-state index in [9.17, 15) is 9.59 Å². The third-order valence-corrected chi connectivity index (χ3v) is 12.5. The fourth-order valence-corrected chi connectivity index (χ4v) is 10.6. The maximum Gasteiger partial charge on any atom is 0.233 e. The van der Waals surface area contributed by atoms with Gasteiger partial charge < -0.3 is 0 Å². The van der Waals surface area contributed by atoms with Crippen molar-refractivity contribution in [3.63, 3.8) is 0 Å². The highest BCUT2D eigenvalue weighted by atomic mass is 31.2. The Bertz CT molecular complexity index is 708. The van der Waals surface area contributed by atoms with Crippen molar-refractivity contribution in [1.29, 1.82) is 0 Å². The molecular formula is C28H47NO2P+. The van der Waals surface area contributed by atoms with Crippen LogP contribution in [-0.2, 0) is 15.8 Å². The largest absolute Gasteiger partial charge is 0.285 e. The molecule has 2 rings (SSSR count). The highest BCUT2D eigenvalue weighted by Crippen LogP contribution is 2.63. The van der Waals surface area contributed by atoms with Crippen molar-refractivity contribution in [3.8, 4) is 0 Å². The van der Waals surface area contributed by atoms with Crippen molar-refractivity contribution < 1.29 is 9.59 Å². The molecule has 1 aromatic rings. The van der Waals surface area contributed by atoms with Crippen molar-refractivity contribution >= 4 is 19.1 Å². The summed E-state index contributed by atoms with van der Waals surface area (Å²) >= 11 is 0. The number of benzene rings is 1. The molecular weight excluding hydrogens is 413 g/mol. The van der Waals surface area contributed by atoms with Gasteiger partial charge in [-0.15, -0.1) is 0 Å². The van der Waals surface area contributed by atoms with Crippen LogP contribution < -0.4 is 0 Å². The molecule has 1 aromatic carbocycles. The zero-order valence-electron chi connectivity index (χ0n) is 21.5. The number of carbonyl (C=O) groups is 2. The first-order chi connectivity index (χ1) is 15.3. The summed E-state index contributed by atoms with van der Waals surface area (Å²) in [4.78, 5) is 26.5. The minimum Gasteiger partial charge on any atom is -0.285 e. The predicted molar refractivity (Wildman–Crippen MR) is 140 cm³/mol. The second kappa shape index (κ2) is 12.9. The van der Waals surface area contributed by atoms with Crippen molar-refractivity contribution in [1.82, 2.24) is 4.90 Å². The summed E-state index contributed by atoms with van der Waals surface area (Å²) in [7, 11) is 0.653. The van der Waals surface area contributed by atoms with Gasteiger partial charge >= 0.3 is 0 Å². The number of imide groups is 1. The van der Waals surface area contributed by atoms with Crippen LogP contribution in [0.3, 0.4) is 0 Å². The summed E-state index contributed by atoms with van der Waals surface area (Å²) in [6, 6.07) is 9.15. The summed E-state index contributed by atoms with van der Waals surface area (Å²) in [6.07, 6.45) is 14.4. The smallest absolute Gasteiger partial charge is 0.233 e. The lowest BCUT2D eigenvalue weighted by Crippen LogP contribution is -2.27. The molecule has 0 bridgehead atoms. The Balaban J connectivity index is 2.24. The molecule has 32 heavy (non-hydrogen) atoms. The van der Waals surface area contributed by atoms with Gasteiger partial charge in [0.05, 0.1) is 30.6 Å². The first-order valence-corrected chi connectivity index (χ1v) is 15.6. The number of amides is 2. The van der Waals surface area contributed by atoms with Crippen LogP contribution in [0.2, 0.25) is 0 Å². The van der Waals surface area contributed by atoms with E-state index in [0.717, 1.165) is 6.42 Å². The maximum absolute atomic E-state index is 12.8. The molecule has 3 atom stereocenters. The highest BCUT2D eigenvalue weighted by molar-refractivity contribution is 7.75. The number of nitrogens with zero attached hydrogens (tertiary/aromatic N) is 1. The Morgan fingerprint density at radius 3 is 1.72 bits per heavy atom. The predicted octanol–water partition coefficient (Wildman–Crippen LogP) is 7.35. The molecule has 0 radical (unpaired) electrons. The number of unbranched alkanes of at least 4 members (excludes halogenated alkanes) is 3. The van der Waals surface area contributed by atoms with E-state index >= 15 is 0 Å². The molecule has 1 aliphatic rings. The van der Waals surface area contributed by atoms with Gasteiger partial charge in [0, 0.05) is 20.2 Å². The van der Waals surface area contributed by atoms with Gasteiger partial charge in [0.15, 0.2) is 0 Å². The summed E-state index contributed by atoms with van der Waals surface area (Å²) in [5, 5.41) is 0. The number of hydrogen-bond acceptors (Lipinski definition) is 2. The third-order valence-electron chi connectivity index (χ3n) is 7.63. The Labute approximate surface area is 198 Å². The van der Waals surface area contributed by atoms with E-state index < -0.39 is 7.26 Å². The van der Waals surface area contributed by atoms with Gasteiger partial charge in [-0.25, -0.2) is 0 Å². The van der Waals surface area contributed by atoms with Crippen LogP contribution >= 0.6 is 7.26 Å². The van der Waals surface area contributed by atoms with Crippen molar-refractivity contribution in [3.05, 3.63) is 35.4 Å². The molecule has 0 aliphatic carbocycles. The topological polar surface area (TPSA) is 37.4 Å². The minimum atomic E-state index is -0.976. The molecule has 1 aliphatic heterocycles. The van der Waals surface area contributed by atoms with Gasteiger partial charge in [-0.3, -0.25) is 14.5 Å². The third kappa shape index (κ3) is 6.43. The SMILES string of the molecule is CCCC[P+](CCCC)(CCCC)Cc1ccc(C(CC)C2C(=O)N(C)C(=O)C2C)cc1. The van der Waals surface area contributed by atoms with E-state index in [1.54, 1.807) is 7.05 Å². The van der Waals surface area contributed by atoms with Gasteiger partial charge in [0.2, 0.25) is 11.8 Å². The summed E-state index contributed by atoms with van der Waals surface area (Å²) in [6.45, 7) is 11.0. The minimum absolute atomic E-state index is 0.0120. The lowest BCUT2D eigenvalue weighted by atomic mass is 9.78. The monoisotopic (exact) mass is 460 g/mol. The molecule has 0 spiro atoms. The van der Waals surface area contributed by atoms with Crippen LogP contribution in [0.25, 0.3) is 0 Å². The second-order valence-corrected chi connectivity index (χ2v) is 14.4. The van der Waals surface area contributed by atoms with Gasteiger partial charge in [-0.2, -0.15) is 0 Å². The standard InChI is InChI=1S/C28H47NO2P/c1-7-11-18-32(19-12-8-2,20-13-9-3)21-23-14-16-24(17-15-23)25(10-4)26-22(5)27(30)29(6)28(26)31/h14-17,22,25-26H,7-13,18-21H2,1-6H3/q+1. The van der Waals surface area contributed by atoms with Crippen molar-refractivity contribution in [2.24, 2.45) is 11.8 Å². The normalized spacial score (nSPS) is 20.2. The number of likely N-dealkylation sites (tertiary alicyclic amines) is 1. The molecule has 3 unspecified atom stereocenters. The molecule has 4 heteroatoms. The van der Waals surface area contributed by atoms with E-state index in [2.05, 4.69) is 52.0 Å². The quantitative estimate of drug-likeness (QED) is 0.215. The molecule has 2 amide bonds. The molecule has 1 saturated heterocycles. The van der Waals surface area contributed by atoms with E-state index in [1.165, 1.54) is 79.2 Å². The van der Waals surface area contributed by atoms with Crippen LogP contribution in [0.1, 0.15) is 96.6 Å². The van der Waals surface area contributed by atoms with Gasteiger partial charge in [-0.1, -0.05) is 78.1 Å². The molecule has 1 heterocycles. The highest BCUT2D eigenvalue weighted by Gasteiger charge is 2.46. The second-order valence-electron chi connectivity index (χ2n) is 10.0. The Hall–Kier alpha value is -1.21. The summed E-state index contributed by atoms with van der Waals surface area (Å²) in [5.74, 6) is -0.392. The summed E-state index contributed by atoms with van der Waals surface area (Å²) in [5.41, 5.74) is 2.68. The first-order valence-electron chi connectivity index (χ1n) is 13.1. The number of rotatable bonds is 14. The molecule has 0 N–H and O–H groups in total. The zero-order valence-corrected chi connectivity index (χ0v) is 22.4. The van der Waals surface area contributed by atoms with Crippen LogP contribution in [0.5, 0.6) is 0 Å². The Kier molecular flexibility index (Phi) is 10.9. The van der Waals surface area contributed by atoms with E-state index in [4.69, 9.17) is 0 Å². The lowest BCUT2D eigenvalue weighted by molar-refractivity contribution is -0.138. The van der Waals surface area contributed by atoms with Crippen LogP contribution in [0.4, 0.5) is 0 Å². The van der Waals surface area contributed by atoms with Gasteiger partial charge in [0.1, 0.15) is 0 Å². The lowest BCUT2D eigenvalue weighted by Gasteiger charge is -2.28.